The highest BCUT2D eigenvalue weighted by atomic mass is 19.1. The lowest BCUT2D eigenvalue weighted by Crippen LogP contribution is -2.20. The standard InChI is InChI=1S/C13H18FNO3/c1-4-17-12-6-5-10(7-11(12)14)15-13(16)8-18-9(2)3/h5-7,9H,4,8H2,1-3H3,(H,15,16). The molecule has 0 radical (unpaired) electrons. The molecule has 0 bridgehead atoms. The molecule has 0 aliphatic rings. The number of hydrogen-bond acceptors (Lipinski definition) is 3. The number of ether oxygens (including phenoxy) is 2. The molecule has 0 aliphatic carbocycles. The van der Waals surface area contributed by atoms with Crippen LogP contribution >= 0.6 is 0 Å². The van der Waals surface area contributed by atoms with Gasteiger partial charge in [-0.3, -0.25) is 4.79 Å². The normalized spacial score (nSPS) is 10.5. The van der Waals surface area contributed by atoms with Gasteiger partial charge in [0.25, 0.3) is 0 Å². The minimum Gasteiger partial charge on any atom is -0.491 e. The van der Waals surface area contributed by atoms with Gasteiger partial charge in [0.2, 0.25) is 5.91 Å². The van der Waals surface area contributed by atoms with Gasteiger partial charge in [0.1, 0.15) is 6.61 Å². The SMILES string of the molecule is CCOc1ccc(NC(=O)COC(C)C)cc1F. The quantitative estimate of drug-likeness (QED) is 0.850. The summed E-state index contributed by atoms with van der Waals surface area (Å²) in [6.45, 7) is 5.80. The molecule has 1 aromatic carbocycles. The van der Waals surface area contributed by atoms with Crippen molar-refractivity contribution in [1.29, 1.82) is 0 Å². The summed E-state index contributed by atoms with van der Waals surface area (Å²) in [5, 5.41) is 2.55. The molecule has 0 atom stereocenters. The van der Waals surface area contributed by atoms with Crippen LogP contribution in [0.5, 0.6) is 5.75 Å². The summed E-state index contributed by atoms with van der Waals surface area (Å²) in [4.78, 5) is 11.4. The molecule has 0 heterocycles. The third-order valence-corrected chi connectivity index (χ3v) is 2.06. The van der Waals surface area contributed by atoms with Crippen molar-refractivity contribution in [3.63, 3.8) is 0 Å². The summed E-state index contributed by atoms with van der Waals surface area (Å²) in [6.07, 6.45) is -0.0205. The van der Waals surface area contributed by atoms with Gasteiger partial charge in [-0.05, 0) is 32.9 Å². The molecule has 4 nitrogen and oxygen atoms in total. The number of amides is 1. The van der Waals surface area contributed by atoms with E-state index >= 15 is 0 Å². The minimum absolute atomic E-state index is 0.0205. The molecule has 0 spiro atoms. The van der Waals surface area contributed by atoms with Gasteiger partial charge in [0.15, 0.2) is 11.6 Å². The van der Waals surface area contributed by atoms with Crippen LogP contribution in [0.25, 0.3) is 0 Å². The van der Waals surface area contributed by atoms with Crippen LogP contribution in [0.15, 0.2) is 18.2 Å². The van der Waals surface area contributed by atoms with Crippen LogP contribution in [0.2, 0.25) is 0 Å². The van der Waals surface area contributed by atoms with Gasteiger partial charge >= 0.3 is 0 Å². The van der Waals surface area contributed by atoms with Crippen LogP contribution in [0.3, 0.4) is 0 Å². The van der Waals surface area contributed by atoms with Crippen molar-refractivity contribution in [3.05, 3.63) is 24.0 Å². The largest absolute Gasteiger partial charge is 0.491 e. The van der Waals surface area contributed by atoms with E-state index in [1.54, 1.807) is 13.0 Å². The first-order valence-electron chi connectivity index (χ1n) is 5.86. The maximum absolute atomic E-state index is 13.5. The second kappa shape index (κ2) is 6.96. The molecular weight excluding hydrogens is 237 g/mol. The number of anilines is 1. The molecule has 0 fully saturated rings. The zero-order valence-electron chi connectivity index (χ0n) is 10.8. The van der Waals surface area contributed by atoms with E-state index in [-0.39, 0.29) is 24.4 Å². The molecule has 5 heteroatoms. The molecule has 0 saturated heterocycles. The number of rotatable bonds is 6. The predicted molar refractivity (Wildman–Crippen MR) is 67.3 cm³/mol. The Kier molecular flexibility index (Phi) is 5.58. The number of carbonyl (C=O) groups excluding carboxylic acids is 1. The number of nitrogens with one attached hydrogen (secondary N) is 1. The Morgan fingerprint density at radius 3 is 2.72 bits per heavy atom. The lowest BCUT2D eigenvalue weighted by Gasteiger charge is -2.10. The van der Waals surface area contributed by atoms with Crippen molar-refractivity contribution < 1.29 is 18.7 Å². The topological polar surface area (TPSA) is 47.6 Å². The van der Waals surface area contributed by atoms with Gasteiger partial charge in [-0.1, -0.05) is 0 Å². The smallest absolute Gasteiger partial charge is 0.250 e. The molecular formula is C13H18FNO3. The Morgan fingerprint density at radius 2 is 2.17 bits per heavy atom. The van der Waals surface area contributed by atoms with Crippen LogP contribution in [-0.2, 0) is 9.53 Å². The number of benzene rings is 1. The molecule has 0 aromatic heterocycles. The third-order valence-electron chi connectivity index (χ3n) is 2.06. The van der Waals surface area contributed by atoms with E-state index in [1.807, 2.05) is 13.8 Å². The number of halogens is 1. The molecule has 1 N–H and O–H groups in total. The van der Waals surface area contributed by atoms with E-state index in [0.717, 1.165) is 0 Å². The Labute approximate surface area is 106 Å². The highest BCUT2D eigenvalue weighted by molar-refractivity contribution is 5.91. The first-order valence-corrected chi connectivity index (χ1v) is 5.86. The molecule has 0 unspecified atom stereocenters. The van der Waals surface area contributed by atoms with Gasteiger partial charge in [0, 0.05) is 11.8 Å². The van der Waals surface area contributed by atoms with Crippen LogP contribution < -0.4 is 10.1 Å². The van der Waals surface area contributed by atoms with Crippen LogP contribution in [0, 0.1) is 5.82 Å². The molecule has 1 amide bonds. The Hall–Kier alpha value is -1.62. The average molecular weight is 255 g/mol. The van der Waals surface area contributed by atoms with Crippen molar-refractivity contribution in [1.82, 2.24) is 0 Å². The second-order valence-corrected chi connectivity index (χ2v) is 3.99. The highest BCUT2D eigenvalue weighted by Gasteiger charge is 2.07. The van der Waals surface area contributed by atoms with Crippen molar-refractivity contribution in [3.8, 4) is 5.75 Å². The highest BCUT2D eigenvalue weighted by Crippen LogP contribution is 2.21. The van der Waals surface area contributed by atoms with Gasteiger partial charge in [0.05, 0.1) is 12.7 Å². The van der Waals surface area contributed by atoms with Crippen molar-refractivity contribution in [2.75, 3.05) is 18.5 Å². The van der Waals surface area contributed by atoms with Gasteiger partial charge < -0.3 is 14.8 Å². The zero-order valence-corrected chi connectivity index (χ0v) is 10.8. The van der Waals surface area contributed by atoms with Crippen LogP contribution in [0.4, 0.5) is 10.1 Å². The fourth-order valence-corrected chi connectivity index (χ4v) is 1.29. The molecule has 1 rings (SSSR count). The molecule has 0 saturated carbocycles. The summed E-state index contributed by atoms with van der Waals surface area (Å²) in [6, 6.07) is 4.29. The fraction of sp³-hybridized carbons (Fsp3) is 0.462. The minimum atomic E-state index is -0.501. The number of hydrogen-bond donors (Lipinski definition) is 1. The van der Waals surface area contributed by atoms with Crippen LogP contribution in [-0.4, -0.2) is 25.2 Å². The zero-order chi connectivity index (χ0) is 13.5. The summed E-state index contributed by atoms with van der Waals surface area (Å²) in [7, 11) is 0. The summed E-state index contributed by atoms with van der Waals surface area (Å²) >= 11 is 0. The molecule has 100 valence electrons. The molecule has 1 aromatic rings. The van der Waals surface area contributed by atoms with Gasteiger partial charge in [-0.15, -0.1) is 0 Å². The second-order valence-electron chi connectivity index (χ2n) is 3.99. The average Bonchev–Trinajstić information content (AvgIpc) is 2.30. The Balaban J connectivity index is 2.57. The van der Waals surface area contributed by atoms with Crippen molar-refractivity contribution in [2.24, 2.45) is 0 Å². The molecule has 18 heavy (non-hydrogen) atoms. The van der Waals surface area contributed by atoms with Crippen molar-refractivity contribution in [2.45, 2.75) is 26.9 Å². The maximum atomic E-state index is 13.5. The van der Waals surface area contributed by atoms with E-state index < -0.39 is 5.82 Å². The van der Waals surface area contributed by atoms with E-state index in [9.17, 15) is 9.18 Å². The summed E-state index contributed by atoms with van der Waals surface area (Å²) < 4.78 is 23.7. The van der Waals surface area contributed by atoms with Crippen molar-refractivity contribution >= 4 is 11.6 Å². The van der Waals surface area contributed by atoms with Gasteiger partial charge in [-0.2, -0.15) is 0 Å². The van der Waals surface area contributed by atoms with Crippen LogP contribution in [0.1, 0.15) is 20.8 Å². The lowest BCUT2D eigenvalue weighted by atomic mass is 10.3. The first-order chi connectivity index (χ1) is 8.52. The van der Waals surface area contributed by atoms with E-state index in [0.29, 0.717) is 12.3 Å². The van der Waals surface area contributed by atoms with E-state index in [4.69, 9.17) is 9.47 Å². The van der Waals surface area contributed by atoms with E-state index in [2.05, 4.69) is 5.32 Å². The maximum Gasteiger partial charge on any atom is 0.250 e. The summed E-state index contributed by atoms with van der Waals surface area (Å²) in [5.74, 6) is -0.638. The predicted octanol–water partition coefficient (Wildman–Crippen LogP) is 2.59. The third kappa shape index (κ3) is 4.71. The molecule has 0 aliphatic heterocycles. The van der Waals surface area contributed by atoms with Gasteiger partial charge in [-0.25, -0.2) is 4.39 Å². The lowest BCUT2D eigenvalue weighted by molar-refractivity contribution is -0.121. The monoisotopic (exact) mass is 255 g/mol. The Bertz CT molecular complexity index is 407. The first kappa shape index (κ1) is 14.4. The number of carbonyl (C=O) groups is 1. The fourth-order valence-electron chi connectivity index (χ4n) is 1.29. The van der Waals surface area contributed by atoms with E-state index in [1.165, 1.54) is 12.1 Å². The summed E-state index contributed by atoms with van der Waals surface area (Å²) in [5.41, 5.74) is 0.383. The Morgan fingerprint density at radius 1 is 1.44 bits per heavy atom.